The van der Waals surface area contributed by atoms with Gasteiger partial charge in [0, 0.05) is 11.7 Å². The highest BCUT2D eigenvalue weighted by Crippen LogP contribution is 2.23. The average molecular weight is 380 g/mol. The molecule has 0 spiro atoms. The van der Waals surface area contributed by atoms with Gasteiger partial charge in [0.05, 0.1) is 6.54 Å². The van der Waals surface area contributed by atoms with E-state index in [1.165, 1.54) is 29.8 Å². The van der Waals surface area contributed by atoms with Gasteiger partial charge >= 0.3 is 6.36 Å². The predicted octanol–water partition coefficient (Wildman–Crippen LogP) is 3.48. The summed E-state index contributed by atoms with van der Waals surface area (Å²) in [5, 5.41) is 2.86. The monoisotopic (exact) mass is 380 g/mol. The van der Waals surface area contributed by atoms with E-state index in [0.29, 0.717) is 12.2 Å². The molecule has 0 fully saturated rings. The van der Waals surface area contributed by atoms with Crippen molar-refractivity contribution < 1.29 is 17.9 Å². The Labute approximate surface area is 156 Å². The number of nitrogens with zero attached hydrogens (tertiary/aromatic N) is 2. The molecule has 27 heavy (non-hydrogen) atoms. The van der Waals surface area contributed by atoms with Gasteiger partial charge in [0.2, 0.25) is 0 Å². The second kappa shape index (κ2) is 9.27. The minimum Gasteiger partial charge on any atom is -0.406 e. The molecule has 0 aliphatic carbocycles. The third-order valence-electron chi connectivity index (χ3n) is 3.88. The molecule has 2 aromatic rings. The fraction of sp³-hybridized carbons (Fsp3) is 0.316. The highest BCUT2D eigenvalue weighted by atomic mass is 19.4. The molecule has 0 amide bonds. The molecule has 0 bridgehead atoms. The van der Waals surface area contributed by atoms with Crippen LogP contribution in [0.25, 0.3) is 0 Å². The van der Waals surface area contributed by atoms with Crippen LogP contribution >= 0.6 is 0 Å². The number of nitrogens with two attached hydrogens (primary N) is 1. The van der Waals surface area contributed by atoms with Crippen molar-refractivity contribution in [3.05, 3.63) is 60.2 Å². The first-order valence-electron chi connectivity index (χ1n) is 8.36. The van der Waals surface area contributed by atoms with Crippen molar-refractivity contribution in [3.8, 4) is 5.75 Å². The van der Waals surface area contributed by atoms with Gasteiger partial charge in [-0.1, -0.05) is 30.3 Å². The molecule has 0 aromatic heterocycles. The molecule has 146 valence electrons. The first-order chi connectivity index (χ1) is 12.7. The summed E-state index contributed by atoms with van der Waals surface area (Å²) in [4.78, 5) is 6.43. The van der Waals surface area contributed by atoms with Crippen LogP contribution in [0.5, 0.6) is 5.75 Å². The summed E-state index contributed by atoms with van der Waals surface area (Å²) in [6.45, 7) is 0.482. The normalized spacial score (nSPS) is 13.5. The SMILES string of the molecule is CN(C)C(CN=C(N)Nc1ccc(OC(F)(F)F)cc1)Cc1ccccc1. The van der Waals surface area contributed by atoms with Gasteiger partial charge in [-0.15, -0.1) is 13.2 Å². The van der Waals surface area contributed by atoms with Crippen LogP contribution in [-0.4, -0.2) is 43.9 Å². The Bertz CT molecular complexity index is 731. The Morgan fingerprint density at radius 1 is 1.11 bits per heavy atom. The summed E-state index contributed by atoms with van der Waals surface area (Å²) in [7, 11) is 3.96. The quantitative estimate of drug-likeness (QED) is 0.570. The number of halogens is 3. The number of likely N-dealkylation sites (N-methyl/N-ethyl adjacent to an activating group) is 1. The van der Waals surface area contributed by atoms with Gasteiger partial charge in [0.25, 0.3) is 0 Å². The van der Waals surface area contributed by atoms with E-state index in [-0.39, 0.29) is 17.8 Å². The van der Waals surface area contributed by atoms with Crippen molar-refractivity contribution in [3.63, 3.8) is 0 Å². The fourth-order valence-corrected chi connectivity index (χ4v) is 2.43. The molecule has 2 aromatic carbocycles. The fourth-order valence-electron chi connectivity index (χ4n) is 2.43. The molecular formula is C19H23F3N4O. The zero-order chi connectivity index (χ0) is 19.9. The molecule has 8 heteroatoms. The van der Waals surface area contributed by atoms with E-state index >= 15 is 0 Å². The van der Waals surface area contributed by atoms with Gasteiger partial charge in [0.1, 0.15) is 5.75 Å². The Kier molecular flexibility index (Phi) is 7.06. The van der Waals surface area contributed by atoms with Crippen molar-refractivity contribution >= 4 is 11.6 Å². The largest absolute Gasteiger partial charge is 0.573 e. The smallest absolute Gasteiger partial charge is 0.406 e. The Morgan fingerprint density at radius 2 is 1.74 bits per heavy atom. The number of hydrogen-bond donors (Lipinski definition) is 2. The Balaban J connectivity index is 1.93. The maximum Gasteiger partial charge on any atom is 0.573 e. The minimum absolute atomic E-state index is 0.162. The summed E-state index contributed by atoms with van der Waals surface area (Å²) in [6.07, 6.45) is -3.89. The Hall–Kier alpha value is -2.74. The number of guanidine groups is 1. The standard InChI is InChI=1S/C19H23F3N4O/c1-26(2)16(12-14-6-4-3-5-7-14)13-24-18(23)25-15-8-10-17(11-9-15)27-19(20,21)22/h3-11,16H,12-13H2,1-2H3,(H3,23,24,25). The summed E-state index contributed by atoms with van der Waals surface area (Å²) >= 11 is 0. The van der Waals surface area contributed by atoms with Crippen LogP contribution in [0.4, 0.5) is 18.9 Å². The zero-order valence-electron chi connectivity index (χ0n) is 15.2. The zero-order valence-corrected chi connectivity index (χ0v) is 15.2. The molecule has 0 saturated carbocycles. The highest BCUT2D eigenvalue weighted by molar-refractivity contribution is 5.92. The second-order valence-corrected chi connectivity index (χ2v) is 6.23. The number of nitrogens with one attached hydrogen (secondary N) is 1. The van der Waals surface area contributed by atoms with Crippen LogP contribution in [0.2, 0.25) is 0 Å². The summed E-state index contributed by atoms with van der Waals surface area (Å²) in [5.41, 5.74) is 7.63. The van der Waals surface area contributed by atoms with Gasteiger partial charge in [-0.2, -0.15) is 0 Å². The average Bonchev–Trinajstić information content (AvgIpc) is 2.59. The van der Waals surface area contributed by atoms with Crippen LogP contribution < -0.4 is 15.8 Å². The summed E-state index contributed by atoms with van der Waals surface area (Å²) < 4.78 is 40.3. The van der Waals surface area contributed by atoms with Gasteiger partial charge in [-0.3, -0.25) is 4.99 Å². The summed E-state index contributed by atoms with van der Waals surface area (Å²) in [6, 6.07) is 15.5. The number of alkyl halides is 3. The van der Waals surface area contributed by atoms with E-state index in [1.54, 1.807) is 0 Å². The lowest BCUT2D eigenvalue weighted by atomic mass is 10.1. The number of aliphatic imine (C=N–C) groups is 1. The lowest BCUT2D eigenvalue weighted by molar-refractivity contribution is -0.274. The van der Waals surface area contributed by atoms with E-state index in [4.69, 9.17) is 5.73 Å². The van der Waals surface area contributed by atoms with Gasteiger partial charge in [-0.25, -0.2) is 0 Å². The lowest BCUT2D eigenvalue weighted by Gasteiger charge is -2.23. The maximum atomic E-state index is 12.2. The first-order valence-corrected chi connectivity index (χ1v) is 8.36. The van der Waals surface area contributed by atoms with Crippen LogP contribution in [0.3, 0.4) is 0 Å². The van der Waals surface area contributed by atoms with Crippen LogP contribution in [-0.2, 0) is 6.42 Å². The predicted molar refractivity (Wildman–Crippen MR) is 101 cm³/mol. The van der Waals surface area contributed by atoms with Crippen LogP contribution in [0.1, 0.15) is 5.56 Å². The molecular weight excluding hydrogens is 357 g/mol. The van der Waals surface area contributed by atoms with E-state index in [9.17, 15) is 13.2 Å². The molecule has 3 N–H and O–H groups in total. The Morgan fingerprint density at radius 3 is 2.30 bits per heavy atom. The van der Waals surface area contributed by atoms with E-state index < -0.39 is 6.36 Å². The van der Waals surface area contributed by atoms with Crippen molar-refractivity contribution in [2.45, 2.75) is 18.8 Å². The van der Waals surface area contributed by atoms with Crippen molar-refractivity contribution in [2.75, 3.05) is 26.0 Å². The number of rotatable bonds is 7. The molecule has 0 saturated heterocycles. The van der Waals surface area contributed by atoms with E-state index in [0.717, 1.165) is 6.42 Å². The minimum atomic E-state index is -4.71. The topological polar surface area (TPSA) is 62.9 Å². The van der Waals surface area contributed by atoms with Crippen molar-refractivity contribution in [1.29, 1.82) is 0 Å². The van der Waals surface area contributed by atoms with E-state index in [2.05, 4.69) is 32.1 Å². The number of benzene rings is 2. The second-order valence-electron chi connectivity index (χ2n) is 6.23. The molecule has 0 aliphatic rings. The molecule has 1 atom stereocenters. The van der Waals surface area contributed by atoms with Crippen LogP contribution in [0, 0.1) is 0 Å². The molecule has 0 aliphatic heterocycles. The molecule has 0 heterocycles. The summed E-state index contributed by atoms with van der Waals surface area (Å²) in [5.74, 6) is -0.0986. The van der Waals surface area contributed by atoms with Crippen molar-refractivity contribution in [1.82, 2.24) is 4.90 Å². The first kappa shape index (κ1) is 20.6. The molecule has 5 nitrogen and oxygen atoms in total. The third kappa shape index (κ3) is 7.57. The van der Waals surface area contributed by atoms with Gasteiger partial charge in [0.15, 0.2) is 5.96 Å². The highest BCUT2D eigenvalue weighted by Gasteiger charge is 2.30. The van der Waals surface area contributed by atoms with Gasteiger partial charge in [-0.05, 0) is 50.3 Å². The number of hydrogen-bond acceptors (Lipinski definition) is 3. The van der Waals surface area contributed by atoms with E-state index in [1.807, 2.05) is 32.3 Å². The molecule has 2 rings (SSSR count). The molecule has 0 radical (unpaired) electrons. The van der Waals surface area contributed by atoms with Crippen molar-refractivity contribution in [2.24, 2.45) is 10.7 Å². The van der Waals surface area contributed by atoms with Gasteiger partial charge < -0.3 is 20.7 Å². The number of ether oxygens (including phenoxy) is 1. The van der Waals surface area contributed by atoms with Crippen LogP contribution in [0.15, 0.2) is 59.6 Å². The third-order valence-corrected chi connectivity index (χ3v) is 3.88. The molecule has 1 unspecified atom stereocenters. The number of anilines is 1. The lowest BCUT2D eigenvalue weighted by Crippen LogP contribution is -2.34. The maximum absolute atomic E-state index is 12.2.